The van der Waals surface area contributed by atoms with Crippen molar-refractivity contribution in [2.45, 2.75) is 25.7 Å². The molecule has 1 fully saturated rings. The quantitative estimate of drug-likeness (QED) is 0.628. The van der Waals surface area contributed by atoms with Crippen LogP contribution in [0, 0.1) is 5.92 Å². The van der Waals surface area contributed by atoms with Gasteiger partial charge in [-0.15, -0.1) is 0 Å². The lowest BCUT2D eigenvalue weighted by atomic mass is 9.84. The molecular weight excluding hydrogens is 418 g/mol. The maximum absolute atomic E-state index is 13.2. The number of fused-ring (bicyclic) bond motifs is 3. The van der Waals surface area contributed by atoms with Crippen LogP contribution in [0.15, 0.2) is 36.4 Å². The van der Waals surface area contributed by atoms with Crippen LogP contribution in [0.4, 0.5) is 0 Å². The Labute approximate surface area is 192 Å². The number of amides is 2. The lowest BCUT2D eigenvalue weighted by Gasteiger charge is -2.32. The monoisotopic (exact) mass is 447 g/mol. The molecule has 1 aliphatic heterocycles. The predicted octanol–water partition coefficient (Wildman–Crippen LogP) is 2.84. The summed E-state index contributed by atoms with van der Waals surface area (Å²) in [5.74, 6) is 0.623. The Bertz CT molecular complexity index is 1190. The third kappa shape index (κ3) is 4.20. The fourth-order valence-electron chi connectivity index (χ4n) is 5.12. The minimum Gasteiger partial charge on any atom is -0.497 e. The zero-order chi connectivity index (χ0) is 22.9. The van der Waals surface area contributed by atoms with Gasteiger partial charge in [0.1, 0.15) is 5.75 Å². The number of carbonyl (C=O) groups is 2. The molecule has 0 saturated carbocycles. The van der Waals surface area contributed by atoms with Crippen molar-refractivity contribution in [1.29, 1.82) is 0 Å². The zero-order valence-corrected chi connectivity index (χ0v) is 18.9. The summed E-state index contributed by atoms with van der Waals surface area (Å²) in [6.07, 6.45) is 2.51. The van der Waals surface area contributed by atoms with Crippen LogP contribution >= 0.6 is 0 Å². The third-order valence-electron chi connectivity index (χ3n) is 6.84. The molecule has 7 heteroatoms. The van der Waals surface area contributed by atoms with Crippen LogP contribution in [0.1, 0.15) is 23.2 Å². The number of rotatable bonds is 5. The van der Waals surface area contributed by atoms with E-state index in [0.717, 1.165) is 51.9 Å². The molecule has 2 aliphatic rings. The van der Waals surface area contributed by atoms with Crippen molar-refractivity contribution in [2.24, 2.45) is 11.7 Å². The molecule has 5 rings (SSSR count). The minimum absolute atomic E-state index is 0.0289. The average Bonchev–Trinajstić information content (AvgIpc) is 3.22. The highest BCUT2D eigenvalue weighted by molar-refractivity contribution is 5.95. The number of nitrogens with one attached hydrogen (secondary N) is 1. The van der Waals surface area contributed by atoms with Gasteiger partial charge >= 0.3 is 0 Å². The maximum Gasteiger partial charge on any atom is 0.226 e. The second-order valence-electron chi connectivity index (χ2n) is 8.89. The number of hydrogen-bond acceptors (Lipinski definition) is 4. The van der Waals surface area contributed by atoms with E-state index in [4.69, 9.17) is 15.2 Å². The van der Waals surface area contributed by atoms with Crippen LogP contribution < -0.4 is 10.5 Å². The van der Waals surface area contributed by atoms with Gasteiger partial charge in [-0.1, -0.05) is 12.1 Å². The molecule has 0 spiro atoms. The summed E-state index contributed by atoms with van der Waals surface area (Å²) < 4.78 is 10.7. The Morgan fingerprint density at radius 3 is 2.61 bits per heavy atom. The van der Waals surface area contributed by atoms with E-state index in [1.807, 2.05) is 35.2 Å². The number of carbonyl (C=O) groups excluding carboxylic acids is 2. The summed E-state index contributed by atoms with van der Waals surface area (Å²) in [7, 11) is 1.65. The number of methoxy groups -OCH3 is 1. The number of primary amides is 1. The Balaban J connectivity index is 1.54. The van der Waals surface area contributed by atoms with Gasteiger partial charge in [-0.25, -0.2) is 0 Å². The first-order chi connectivity index (χ1) is 16.0. The third-order valence-corrected chi connectivity index (χ3v) is 6.84. The number of H-pyrrole nitrogens is 1. The second kappa shape index (κ2) is 8.90. The van der Waals surface area contributed by atoms with Crippen LogP contribution in [0.3, 0.4) is 0 Å². The number of nitrogens with two attached hydrogens (primary N) is 1. The van der Waals surface area contributed by atoms with E-state index in [9.17, 15) is 9.59 Å². The Morgan fingerprint density at radius 2 is 1.91 bits per heavy atom. The number of hydrogen-bond donors (Lipinski definition) is 2. The molecule has 1 unspecified atom stereocenters. The Kier molecular flexibility index (Phi) is 5.81. The largest absolute Gasteiger partial charge is 0.497 e. The first-order valence-electron chi connectivity index (χ1n) is 11.5. The Hall–Kier alpha value is -3.32. The normalized spacial score (nSPS) is 18.2. The highest BCUT2D eigenvalue weighted by Crippen LogP contribution is 2.37. The smallest absolute Gasteiger partial charge is 0.226 e. The lowest BCUT2D eigenvalue weighted by Crippen LogP contribution is -2.44. The van der Waals surface area contributed by atoms with Crippen LogP contribution in [0.25, 0.3) is 22.0 Å². The molecule has 0 bridgehead atoms. The summed E-state index contributed by atoms with van der Waals surface area (Å²) in [5, 5.41) is 1.08. The van der Waals surface area contributed by atoms with E-state index >= 15 is 0 Å². The summed E-state index contributed by atoms with van der Waals surface area (Å²) in [4.78, 5) is 30.5. The fraction of sp³-hybridized carbons (Fsp3) is 0.385. The number of aromatic nitrogens is 1. The van der Waals surface area contributed by atoms with Gasteiger partial charge in [0.25, 0.3) is 0 Å². The van der Waals surface area contributed by atoms with Crippen LogP contribution in [-0.4, -0.2) is 55.1 Å². The first kappa shape index (κ1) is 21.5. The van der Waals surface area contributed by atoms with Crippen molar-refractivity contribution in [3.05, 3.63) is 53.2 Å². The van der Waals surface area contributed by atoms with E-state index in [1.165, 1.54) is 5.56 Å². The van der Waals surface area contributed by atoms with Crippen LogP contribution in [-0.2, 0) is 33.6 Å². The molecule has 1 saturated heterocycles. The molecule has 1 aliphatic carbocycles. The number of benzene rings is 2. The maximum atomic E-state index is 13.2. The first-order valence-corrected chi connectivity index (χ1v) is 11.5. The van der Waals surface area contributed by atoms with Crippen LogP contribution in [0.5, 0.6) is 5.75 Å². The molecule has 3 N–H and O–H groups in total. The number of aromatic amines is 1. The SMILES string of the molecule is COc1ccc(-c2cc(CC(N)=O)c3[nH]c4c(c3c2)CC(C(=O)N2CCOCC2)CC4)cc1. The fourth-order valence-corrected chi connectivity index (χ4v) is 5.12. The zero-order valence-electron chi connectivity index (χ0n) is 18.9. The van der Waals surface area contributed by atoms with Crippen molar-refractivity contribution in [3.63, 3.8) is 0 Å². The predicted molar refractivity (Wildman–Crippen MR) is 126 cm³/mol. The van der Waals surface area contributed by atoms with Crippen molar-refractivity contribution in [3.8, 4) is 16.9 Å². The topological polar surface area (TPSA) is 97.7 Å². The van der Waals surface area contributed by atoms with Gasteiger partial charge in [-0.05, 0) is 65.8 Å². The van der Waals surface area contributed by atoms with E-state index in [0.29, 0.717) is 32.7 Å². The highest BCUT2D eigenvalue weighted by Gasteiger charge is 2.31. The van der Waals surface area contributed by atoms with Crippen LogP contribution in [0.2, 0.25) is 0 Å². The number of morpholine rings is 1. The molecule has 33 heavy (non-hydrogen) atoms. The molecule has 7 nitrogen and oxygen atoms in total. The van der Waals surface area contributed by atoms with Crippen molar-refractivity contribution in [1.82, 2.24) is 9.88 Å². The van der Waals surface area contributed by atoms with E-state index < -0.39 is 0 Å². The van der Waals surface area contributed by atoms with E-state index in [1.54, 1.807) is 7.11 Å². The average molecular weight is 448 g/mol. The number of ether oxygens (including phenoxy) is 2. The summed E-state index contributed by atoms with van der Waals surface area (Å²) in [6.45, 7) is 2.55. The molecule has 0 radical (unpaired) electrons. The summed E-state index contributed by atoms with van der Waals surface area (Å²) in [6, 6.07) is 12.1. The second-order valence-corrected chi connectivity index (χ2v) is 8.89. The molecule has 1 aromatic heterocycles. The van der Waals surface area contributed by atoms with Gasteiger partial charge in [0.2, 0.25) is 11.8 Å². The number of nitrogens with zero attached hydrogens (tertiary/aromatic N) is 1. The molecular formula is C26H29N3O4. The minimum atomic E-state index is -0.365. The van der Waals surface area contributed by atoms with E-state index in [-0.39, 0.29) is 24.2 Å². The summed E-state index contributed by atoms with van der Waals surface area (Å²) >= 11 is 0. The molecule has 2 amide bonds. The van der Waals surface area contributed by atoms with Gasteiger partial charge in [-0.3, -0.25) is 9.59 Å². The van der Waals surface area contributed by atoms with Crippen molar-refractivity contribution in [2.75, 3.05) is 33.4 Å². The molecule has 2 heterocycles. The van der Waals surface area contributed by atoms with Gasteiger partial charge in [-0.2, -0.15) is 0 Å². The summed E-state index contributed by atoms with van der Waals surface area (Å²) in [5.41, 5.74) is 11.8. The molecule has 172 valence electrons. The highest BCUT2D eigenvalue weighted by atomic mass is 16.5. The van der Waals surface area contributed by atoms with Crippen molar-refractivity contribution >= 4 is 22.7 Å². The van der Waals surface area contributed by atoms with Gasteiger partial charge < -0.3 is 25.1 Å². The molecule has 1 atom stereocenters. The van der Waals surface area contributed by atoms with Gasteiger partial charge in [0.05, 0.1) is 26.7 Å². The number of aryl methyl sites for hydroxylation is 1. The van der Waals surface area contributed by atoms with E-state index in [2.05, 4.69) is 11.1 Å². The Morgan fingerprint density at radius 1 is 1.15 bits per heavy atom. The molecule has 2 aromatic carbocycles. The lowest BCUT2D eigenvalue weighted by molar-refractivity contribution is -0.140. The molecule has 3 aromatic rings. The van der Waals surface area contributed by atoms with Crippen molar-refractivity contribution < 1.29 is 19.1 Å². The van der Waals surface area contributed by atoms with Gasteiger partial charge in [0.15, 0.2) is 0 Å². The standard InChI is InChI=1S/C26H29N3O4/c1-32-20-5-2-16(3-6-20)18-12-19(15-24(27)30)25-22(14-18)21-13-17(4-7-23(21)28-25)26(31)29-8-10-33-11-9-29/h2-3,5-6,12,14,17,28H,4,7-11,13,15H2,1H3,(H2,27,30). The van der Waals surface area contributed by atoms with Gasteiger partial charge in [0, 0.05) is 35.6 Å².